The highest BCUT2D eigenvalue weighted by Crippen LogP contribution is 2.09. The van der Waals surface area contributed by atoms with Crippen LogP contribution in [-0.2, 0) is 10.0 Å². The van der Waals surface area contributed by atoms with Crippen molar-refractivity contribution in [2.45, 2.75) is 18.1 Å². The summed E-state index contributed by atoms with van der Waals surface area (Å²) in [5.74, 6) is 0. The Morgan fingerprint density at radius 1 is 1.50 bits per heavy atom. The van der Waals surface area contributed by atoms with Crippen LogP contribution < -0.4 is 10.0 Å². The fourth-order valence-corrected chi connectivity index (χ4v) is 2.40. The van der Waals surface area contributed by atoms with Crippen LogP contribution in [0.4, 0.5) is 0 Å². The second-order valence-electron chi connectivity index (χ2n) is 2.72. The maximum atomic E-state index is 11.2. The number of hydrogen-bond acceptors (Lipinski definition) is 3. The summed E-state index contributed by atoms with van der Waals surface area (Å²) >= 11 is 0. The van der Waals surface area contributed by atoms with Crippen molar-refractivity contribution in [1.29, 1.82) is 0 Å². The Morgan fingerprint density at radius 2 is 2.17 bits per heavy atom. The molecule has 1 fully saturated rings. The quantitative estimate of drug-likeness (QED) is 0.664. The maximum Gasteiger partial charge on any atom is 0.215 e. The molecule has 2 N–H and O–H groups in total. The fraction of sp³-hybridized carbons (Fsp3) is 1.00. The first kappa shape index (κ1) is 12.2. The van der Waals surface area contributed by atoms with Crippen LogP contribution in [0.5, 0.6) is 0 Å². The summed E-state index contributed by atoms with van der Waals surface area (Å²) in [6.07, 6.45) is 1.72. The zero-order chi connectivity index (χ0) is 8.32. The topological polar surface area (TPSA) is 58.2 Å². The first-order valence-corrected chi connectivity index (χ1v) is 5.34. The largest absolute Gasteiger partial charge is 0.315 e. The fourth-order valence-electron chi connectivity index (χ4n) is 1.25. The summed E-state index contributed by atoms with van der Waals surface area (Å²) in [5, 5.41) is 2.82. The lowest BCUT2D eigenvalue weighted by atomic mass is 10.2. The average molecular weight is 215 g/mol. The Balaban J connectivity index is 0.00000121. The van der Waals surface area contributed by atoms with Crippen molar-refractivity contribution in [3.63, 3.8) is 0 Å². The van der Waals surface area contributed by atoms with Gasteiger partial charge in [0, 0.05) is 6.54 Å². The molecule has 0 aromatic carbocycles. The lowest BCUT2D eigenvalue weighted by Crippen LogP contribution is -2.43. The molecule has 0 unspecified atom stereocenters. The molecule has 0 aliphatic carbocycles. The summed E-state index contributed by atoms with van der Waals surface area (Å²) in [6.45, 7) is 1.53. The Labute approximate surface area is 79.6 Å². The monoisotopic (exact) mass is 214 g/mol. The molecule has 6 heteroatoms. The molecule has 12 heavy (non-hydrogen) atoms. The van der Waals surface area contributed by atoms with E-state index in [9.17, 15) is 8.42 Å². The van der Waals surface area contributed by atoms with Crippen molar-refractivity contribution >= 4 is 22.4 Å². The zero-order valence-corrected chi connectivity index (χ0v) is 8.67. The van der Waals surface area contributed by atoms with Gasteiger partial charge in [0.15, 0.2) is 0 Å². The highest BCUT2D eigenvalue weighted by Gasteiger charge is 2.24. The van der Waals surface area contributed by atoms with Crippen molar-refractivity contribution < 1.29 is 8.42 Å². The maximum absolute atomic E-state index is 11.2. The molecular formula is C6H15ClN2O2S. The molecule has 1 rings (SSSR count). The minimum atomic E-state index is -3.03. The van der Waals surface area contributed by atoms with Crippen LogP contribution in [0.15, 0.2) is 0 Å². The number of rotatable bonds is 2. The normalized spacial score (nSPS) is 24.6. The zero-order valence-electron chi connectivity index (χ0n) is 7.04. The van der Waals surface area contributed by atoms with Gasteiger partial charge in [0.05, 0.1) is 5.25 Å². The standard InChI is InChI=1S/C6H14N2O2S.ClH/c1-7-11(9,10)6-3-2-4-8-5-6;/h6-8H,2-5H2,1H3;1H/t6-;/m0./s1. The lowest BCUT2D eigenvalue weighted by Gasteiger charge is -2.21. The van der Waals surface area contributed by atoms with E-state index in [0.29, 0.717) is 6.54 Å². The first-order valence-electron chi connectivity index (χ1n) is 3.80. The van der Waals surface area contributed by atoms with Crippen LogP contribution in [-0.4, -0.2) is 33.8 Å². The molecule has 0 aromatic heterocycles. The number of sulfonamides is 1. The van der Waals surface area contributed by atoms with Crippen molar-refractivity contribution in [3.05, 3.63) is 0 Å². The molecule has 0 bridgehead atoms. The molecule has 0 radical (unpaired) electrons. The SMILES string of the molecule is CNS(=O)(=O)[C@H]1CCCNC1.Cl. The van der Waals surface area contributed by atoms with Crippen molar-refractivity contribution in [3.8, 4) is 0 Å². The van der Waals surface area contributed by atoms with Gasteiger partial charge in [-0.05, 0) is 26.4 Å². The molecule has 74 valence electrons. The third kappa shape index (κ3) is 2.90. The van der Waals surface area contributed by atoms with Gasteiger partial charge in [0.2, 0.25) is 10.0 Å². The van der Waals surface area contributed by atoms with Crippen LogP contribution in [0.3, 0.4) is 0 Å². The van der Waals surface area contributed by atoms with E-state index in [4.69, 9.17) is 0 Å². The van der Waals surface area contributed by atoms with E-state index >= 15 is 0 Å². The van der Waals surface area contributed by atoms with Crippen molar-refractivity contribution in [1.82, 2.24) is 10.0 Å². The van der Waals surface area contributed by atoms with Gasteiger partial charge in [-0.1, -0.05) is 0 Å². The van der Waals surface area contributed by atoms with E-state index in [-0.39, 0.29) is 17.7 Å². The summed E-state index contributed by atoms with van der Waals surface area (Å²) in [6, 6.07) is 0. The second kappa shape index (κ2) is 5.01. The van der Waals surface area contributed by atoms with Gasteiger partial charge in [0.1, 0.15) is 0 Å². The Morgan fingerprint density at radius 3 is 2.58 bits per heavy atom. The second-order valence-corrected chi connectivity index (χ2v) is 4.88. The number of halogens is 1. The Bertz CT molecular complexity index is 212. The third-order valence-electron chi connectivity index (χ3n) is 1.98. The van der Waals surface area contributed by atoms with Crippen molar-refractivity contribution in [2.24, 2.45) is 0 Å². The van der Waals surface area contributed by atoms with Gasteiger partial charge in [0.25, 0.3) is 0 Å². The number of hydrogen-bond donors (Lipinski definition) is 2. The Hall–Kier alpha value is 0.160. The molecule has 0 aromatic rings. The van der Waals surface area contributed by atoms with Gasteiger partial charge in [-0.3, -0.25) is 0 Å². The van der Waals surface area contributed by atoms with Gasteiger partial charge in [-0.2, -0.15) is 0 Å². The van der Waals surface area contributed by atoms with Gasteiger partial charge in [-0.25, -0.2) is 13.1 Å². The number of piperidine rings is 1. The molecule has 4 nitrogen and oxygen atoms in total. The van der Waals surface area contributed by atoms with E-state index in [2.05, 4.69) is 10.0 Å². The molecule has 1 aliphatic rings. The Kier molecular flexibility index (Phi) is 5.08. The predicted molar refractivity (Wildman–Crippen MR) is 51.1 cm³/mol. The van der Waals surface area contributed by atoms with Gasteiger partial charge < -0.3 is 5.32 Å². The molecule has 0 amide bonds. The summed E-state index contributed by atoms with van der Waals surface area (Å²) in [5.41, 5.74) is 0. The van der Waals surface area contributed by atoms with E-state index in [0.717, 1.165) is 19.4 Å². The first-order chi connectivity index (χ1) is 5.17. The number of nitrogens with one attached hydrogen (secondary N) is 2. The van der Waals surface area contributed by atoms with Crippen LogP contribution in [0.1, 0.15) is 12.8 Å². The minimum Gasteiger partial charge on any atom is -0.315 e. The van der Waals surface area contributed by atoms with Crippen molar-refractivity contribution in [2.75, 3.05) is 20.1 Å². The third-order valence-corrected chi connectivity index (χ3v) is 3.82. The highest BCUT2D eigenvalue weighted by molar-refractivity contribution is 7.90. The van der Waals surface area contributed by atoms with E-state index in [1.54, 1.807) is 0 Å². The molecule has 0 spiro atoms. The molecule has 1 saturated heterocycles. The van der Waals surface area contributed by atoms with Crippen LogP contribution in [0.2, 0.25) is 0 Å². The van der Waals surface area contributed by atoms with Crippen LogP contribution >= 0.6 is 12.4 Å². The summed E-state index contributed by atoms with van der Waals surface area (Å²) in [4.78, 5) is 0. The summed E-state index contributed by atoms with van der Waals surface area (Å²) in [7, 11) is -1.57. The van der Waals surface area contributed by atoms with Gasteiger partial charge in [-0.15, -0.1) is 12.4 Å². The average Bonchev–Trinajstić information content (AvgIpc) is 2.06. The van der Waals surface area contributed by atoms with Gasteiger partial charge >= 0.3 is 0 Å². The smallest absolute Gasteiger partial charge is 0.215 e. The molecule has 0 saturated carbocycles. The van der Waals surface area contributed by atoms with Crippen LogP contribution in [0, 0.1) is 0 Å². The van der Waals surface area contributed by atoms with E-state index < -0.39 is 10.0 Å². The molecule has 1 heterocycles. The van der Waals surface area contributed by atoms with E-state index in [1.807, 2.05) is 0 Å². The molecule has 1 aliphatic heterocycles. The van der Waals surface area contributed by atoms with E-state index in [1.165, 1.54) is 7.05 Å². The predicted octanol–water partition coefficient (Wildman–Crippen LogP) is -0.291. The minimum absolute atomic E-state index is 0. The molecule has 1 atom stereocenters. The lowest BCUT2D eigenvalue weighted by molar-refractivity contribution is 0.493. The highest BCUT2D eigenvalue weighted by atomic mass is 35.5. The summed E-state index contributed by atoms with van der Waals surface area (Å²) < 4.78 is 24.7. The van der Waals surface area contributed by atoms with Crippen LogP contribution in [0.25, 0.3) is 0 Å². The molecular weight excluding hydrogens is 200 g/mol.